The van der Waals surface area contributed by atoms with E-state index in [2.05, 4.69) is 25.7 Å². The van der Waals surface area contributed by atoms with Gasteiger partial charge < -0.3 is 15.9 Å². The van der Waals surface area contributed by atoms with Gasteiger partial charge in [-0.2, -0.15) is 5.10 Å². The Morgan fingerprint density at radius 3 is 2.78 bits per heavy atom. The first-order valence-electron chi connectivity index (χ1n) is 9.54. The van der Waals surface area contributed by atoms with E-state index >= 15 is 0 Å². The first-order chi connectivity index (χ1) is 15.5. The largest absolute Gasteiger partial charge is 0.497 e. The van der Waals surface area contributed by atoms with Gasteiger partial charge in [0, 0.05) is 16.3 Å². The highest BCUT2D eigenvalue weighted by Gasteiger charge is 2.17. The van der Waals surface area contributed by atoms with Crippen LogP contribution in [0.5, 0.6) is 5.75 Å². The first kappa shape index (κ1) is 21.7. The predicted octanol–water partition coefficient (Wildman–Crippen LogP) is 3.75. The average Bonchev–Trinajstić information content (AvgIpc) is 3.42. The van der Waals surface area contributed by atoms with Crippen molar-refractivity contribution >= 4 is 35.0 Å². The number of aromatic nitrogens is 5. The Balaban J connectivity index is 1.43. The molecule has 9 nitrogen and oxygen atoms in total. The molecule has 1 amide bonds. The molecule has 164 valence electrons. The van der Waals surface area contributed by atoms with E-state index in [0.717, 1.165) is 22.6 Å². The number of nitrogen functional groups attached to an aromatic ring is 1. The Kier molecular flexibility index (Phi) is 6.33. The van der Waals surface area contributed by atoms with E-state index in [1.807, 2.05) is 37.3 Å². The third-order valence-electron chi connectivity index (χ3n) is 4.74. The molecule has 0 aliphatic rings. The van der Waals surface area contributed by atoms with Gasteiger partial charge in [-0.3, -0.25) is 9.89 Å². The minimum atomic E-state index is -0.201. The van der Waals surface area contributed by atoms with Gasteiger partial charge in [-0.25, -0.2) is 4.68 Å². The number of hydrogen-bond acceptors (Lipinski definition) is 7. The average molecular weight is 470 g/mol. The van der Waals surface area contributed by atoms with Crippen molar-refractivity contribution in [3.05, 3.63) is 59.1 Å². The summed E-state index contributed by atoms with van der Waals surface area (Å²) in [6.07, 6.45) is 0. The minimum Gasteiger partial charge on any atom is -0.497 e. The topological polar surface area (TPSA) is 124 Å². The zero-order valence-corrected chi connectivity index (χ0v) is 18.9. The third kappa shape index (κ3) is 4.56. The number of carbonyl (C=O) groups excluding carboxylic acids is 1. The van der Waals surface area contributed by atoms with Crippen molar-refractivity contribution < 1.29 is 9.53 Å². The highest BCUT2D eigenvalue weighted by atomic mass is 35.5. The van der Waals surface area contributed by atoms with Crippen LogP contribution in [0.4, 0.5) is 5.69 Å². The third-order valence-corrected chi connectivity index (χ3v) is 6.10. The number of nitrogens with two attached hydrogens (primary N) is 1. The lowest BCUT2D eigenvalue weighted by Gasteiger charge is -2.09. The zero-order valence-electron chi connectivity index (χ0n) is 17.3. The van der Waals surface area contributed by atoms with E-state index in [9.17, 15) is 4.79 Å². The molecule has 0 saturated heterocycles. The summed E-state index contributed by atoms with van der Waals surface area (Å²) in [5.41, 5.74) is 3.73. The molecule has 2 aromatic carbocycles. The van der Waals surface area contributed by atoms with Crippen LogP contribution in [0.1, 0.15) is 5.56 Å². The van der Waals surface area contributed by atoms with Gasteiger partial charge >= 0.3 is 0 Å². The molecule has 4 aromatic rings. The summed E-state index contributed by atoms with van der Waals surface area (Å²) in [4.78, 5) is 12.3. The molecule has 0 aliphatic carbocycles. The summed E-state index contributed by atoms with van der Waals surface area (Å²) in [7, 11) is 1.62. The number of rotatable bonds is 7. The van der Waals surface area contributed by atoms with E-state index < -0.39 is 0 Å². The fourth-order valence-corrected chi connectivity index (χ4v) is 3.80. The number of nitrogens with one attached hydrogen (secondary N) is 2. The van der Waals surface area contributed by atoms with Crippen molar-refractivity contribution in [3.8, 4) is 28.5 Å². The summed E-state index contributed by atoms with van der Waals surface area (Å²) in [5.74, 6) is 7.25. The maximum absolute atomic E-state index is 12.3. The van der Waals surface area contributed by atoms with Gasteiger partial charge in [0.15, 0.2) is 0 Å². The van der Waals surface area contributed by atoms with Crippen molar-refractivity contribution in [1.82, 2.24) is 25.1 Å². The van der Waals surface area contributed by atoms with Crippen molar-refractivity contribution in [2.75, 3.05) is 24.0 Å². The Hall–Kier alpha value is -3.50. The van der Waals surface area contributed by atoms with Crippen LogP contribution >= 0.6 is 23.4 Å². The number of methoxy groups -OCH3 is 1. The number of carbonyl (C=O) groups is 1. The molecule has 0 bridgehead atoms. The van der Waals surface area contributed by atoms with Gasteiger partial charge in [-0.05, 0) is 55.0 Å². The molecule has 0 unspecified atom stereocenters. The van der Waals surface area contributed by atoms with Crippen LogP contribution in [-0.4, -0.2) is 43.8 Å². The van der Waals surface area contributed by atoms with Crippen LogP contribution in [0, 0.1) is 6.92 Å². The highest BCUT2D eigenvalue weighted by molar-refractivity contribution is 7.99. The van der Waals surface area contributed by atoms with E-state index in [1.54, 1.807) is 25.3 Å². The number of aromatic amines is 1. The molecular formula is C21H20ClN7O2S. The van der Waals surface area contributed by atoms with E-state index in [4.69, 9.17) is 22.2 Å². The molecule has 0 radical (unpaired) electrons. The van der Waals surface area contributed by atoms with E-state index in [1.165, 1.54) is 16.4 Å². The monoisotopic (exact) mass is 469 g/mol. The number of thioether (sulfide) groups is 1. The van der Waals surface area contributed by atoms with Gasteiger partial charge in [-0.1, -0.05) is 29.4 Å². The number of H-pyrrole nitrogens is 1. The molecule has 4 N–H and O–H groups in total. The summed E-state index contributed by atoms with van der Waals surface area (Å²) >= 11 is 7.28. The van der Waals surface area contributed by atoms with Gasteiger partial charge in [0.2, 0.25) is 16.9 Å². The number of benzene rings is 2. The Morgan fingerprint density at radius 2 is 2.03 bits per heavy atom. The van der Waals surface area contributed by atoms with Gasteiger partial charge in [0.25, 0.3) is 0 Å². The van der Waals surface area contributed by atoms with Crippen molar-refractivity contribution in [2.24, 2.45) is 0 Å². The second-order valence-electron chi connectivity index (χ2n) is 6.82. The van der Waals surface area contributed by atoms with Crippen molar-refractivity contribution in [3.63, 3.8) is 0 Å². The maximum Gasteiger partial charge on any atom is 0.234 e. The molecule has 32 heavy (non-hydrogen) atoms. The second-order valence-corrected chi connectivity index (χ2v) is 8.17. The summed E-state index contributed by atoms with van der Waals surface area (Å²) in [5, 5.41) is 19.3. The normalized spacial score (nSPS) is 10.8. The molecule has 0 fully saturated rings. The molecule has 0 spiro atoms. The summed E-state index contributed by atoms with van der Waals surface area (Å²) in [6, 6.07) is 14.7. The van der Waals surface area contributed by atoms with Crippen molar-refractivity contribution in [2.45, 2.75) is 12.1 Å². The Labute approximate surface area is 193 Å². The molecule has 2 heterocycles. The first-order valence-corrected chi connectivity index (χ1v) is 10.9. The second kappa shape index (κ2) is 9.33. The zero-order chi connectivity index (χ0) is 22.7. The van der Waals surface area contributed by atoms with Crippen molar-refractivity contribution in [1.29, 1.82) is 0 Å². The Morgan fingerprint density at radius 1 is 1.25 bits per heavy atom. The van der Waals surface area contributed by atoms with E-state index in [0.29, 0.717) is 27.4 Å². The fraction of sp³-hybridized carbons (Fsp3) is 0.143. The molecule has 0 aliphatic heterocycles. The quantitative estimate of drug-likeness (QED) is 0.278. The number of anilines is 1. The molecule has 11 heteroatoms. The number of hydrogen-bond donors (Lipinski definition) is 3. The smallest absolute Gasteiger partial charge is 0.234 e. The summed E-state index contributed by atoms with van der Waals surface area (Å²) < 4.78 is 6.51. The SMILES string of the molecule is COc1ccc(-c2cc(-c3nnc(SCC(=O)Nc4cccc(Cl)c4C)n3N)[nH]n2)cc1. The highest BCUT2D eigenvalue weighted by Crippen LogP contribution is 2.26. The number of nitrogens with zero attached hydrogens (tertiary/aromatic N) is 4. The molecule has 4 rings (SSSR count). The molecule has 0 atom stereocenters. The fourth-order valence-electron chi connectivity index (χ4n) is 2.96. The predicted molar refractivity (Wildman–Crippen MR) is 125 cm³/mol. The lowest BCUT2D eigenvalue weighted by molar-refractivity contribution is -0.113. The van der Waals surface area contributed by atoms with E-state index in [-0.39, 0.29) is 11.7 Å². The number of ether oxygens (including phenoxy) is 1. The van der Waals surface area contributed by atoms with Gasteiger partial charge in [0.1, 0.15) is 11.4 Å². The van der Waals surface area contributed by atoms with Crippen LogP contribution < -0.4 is 15.9 Å². The van der Waals surface area contributed by atoms with Crippen LogP contribution in [0.2, 0.25) is 5.02 Å². The standard InChI is InChI=1S/C21H20ClN7O2S/c1-12-15(22)4-3-5-16(12)24-19(30)11-32-21-28-27-20(29(21)23)18-10-17(25-26-18)13-6-8-14(31-2)9-7-13/h3-10H,11,23H2,1-2H3,(H,24,30)(H,25,26). The molecular weight excluding hydrogens is 450 g/mol. The Bertz CT molecular complexity index is 1250. The van der Waals surface area contributed by atoms with Crippen LogP contribution in [0.3, 0.4) is 0 Å². The summed E-state index contributed by atoms with van der Waals surface area (Å²) in [6.45, 7) is 1.85. The van der Waals surface area contributed by atoms with Crippen LogP contribution in [-0.2, 0) is 4.79 Å². The lowest BCUT2D eigenvalue weighted by Crippen LogP contribution is -2.17. The maximum atomic E-state index is 12.3. The van der Waals surface area contributed by atoms with Crippen LogP contribution in [0.25, 0.3) is 22.8 Å². The van der Waals surface area contributed by atoms with Gasteiger partial charge in [-0.15, -0.1) is 10.2 Å². The van der Waals surface area contributed by atoms with Crippen LogP contribution in [0.15, 0.2) is 53.7 Å². The number of halogens is 1. The molecule has 2 aromatic heterocycles. The number of amides is 1. The lowest BCUT2D eigenvalue weighted by atomic mass is 10.1. The minimum absolute atomic E-state index is 0.112. The molecule has 0 saturated carbocycles. The van der Waals surface area contributed by atoms with Gasteiger partial charge in [0.05, 0.1) is 18.6 Å².